The number of halogens is 1. The van der Waals surface area contributed by atoms with E-state index in [0.717, 1.165) is 0 Å². The molecule has 4 nitrogen and oxygen atoms in total. The number of nitrogens with zero attached hydrogens (tertiary/aromatic N) is 1. The third kappa shape index (κ3) is 3.38. The first-order valence-electron chi connectivity index (χ1n) is 4.99. The van der Waals surface area contributed by atoms with E-state index in [-0.39, 0.29) is 11.4 Å². The first kappa shape index (κ1) is 12.8. The molecule has 2 N–H and O–H groups in total. The molecule has 0 bridgehead atoms. The van der Waals surface area contributed by atoms with E-state index < -0.39 is 0 Å². The molecule has 16 heavy (non-hydrogen) atoms. The van der Waals surface area contributed by atoms with E-state index >= 15 is 0 Å². The number of carbonyl (C=O) groups excluding carboxylic acids is 1. The van der Waals surface area contributed by atoms with E-state index in [1.807, 2.05) is 20.8 Å². The second kappa shape index (κ2) is 4.70. The number of hydrogen-bond donors (Lipinski definition) is 2. The van der Waals surface area contributed by atoms with Gasteiger partial charge in [-0.1, -0.05) is 11.6 Å². The van der Waals surface area contributed by atoms with Crippen molar-refractivity contribution < 1.29 is 4.79 Å². The van der Waals surface area contributed by atoms with Crippen LogP contribution in [0.15, 0.2) is 12.3 Å². The van der Waals surface area contributed by atoms with E-state index in [2.05, 4.69) is 15.6 Å². The second-order valence-corrected chi connectivity index (χ2v) is 4.92. The molecule has 0 aliphatic carbocycles. The molecule has 0 aromatic carbocycles. The highest BCUT2D eigenvalue weighted by molar-refractivity contribution is 6.33. The molecule has 0 aliphatic heterocycles. The van der Waals surface area contributed by atoms with Gasteiger partial charge in [0.15, 0.2) is 0 Å². The lowest BCUT2D eigenvalue weighted by atomic mass is 10.1. The topological polar surface area (TPSA) is 54.0 Å². The van der Waals surface area contributed by atoms with Crippen molar-refractivity contribution in [1.29, 1.82) is 0 Å². The number of nitrogens with one attached hydrogen (secondary N) is 2. The highest BCUT2D eigenvalue weighted by Gasteiger charge is 2.16. The largest absolute Gasteiger partial charge is 0.372 e. The Kier molecular flexibility index (Phi) is 3.75. The van der Waals surface area contributed by atoms with Crippen LogP contribution in [-0.2, 0) is 0 Å². The Morgan fingerprint density at radius 2 is 2.06 bits per heavy atom. The van der Waals surface area contributed by atoms with Crippen LogP contribution in [0.25, 0.3) is 0 Å². The van der Waals surface area contributed by atoms with Gasteiger partial charge in [-0.15, -0.1) is 0 Å². The van der Waals surface area contributed by atoms with Gasteiger partial charge in [-0.25, -0.2) is 4.98 Å². The van der Waals surface area contributed by atoms with Crippen LogP contribution in [0.4, 0.5) is 5.82 Å². The van der Waals surface area contributed by atoms with Crippen LogP contribution in [0, 0.1) is 0 Å². The predicted molar refractivity (Wildman–Crippen MR) is 66.0 cm³/mol. The average Bonchev–Trinajstić information content (AvgIpc) is 2.15. The zero-order chi connectivity index (χ0) is 12.3. The second-order valence-electron chi connectivity index (χ2n) is 4.51. The van der Waals surface area contributed by atoms with Crippen molar-refractivity contribution >= 4 is 23.3 Å². The fraction of sp³-hybridized carbons (Fsp3) is 0.455. The maximum Gasteiger partial charge on any atom is 0.253 e. The van der Waals surface area contributed by atoms with Crippen molar-refractivity contribution in [2.24, 2.45) is 0 Å². The van der Waals surface area contributed by atoms with Gasteiger partial charge >= 0.3 is 0 Å². The summed E-state index contributed by atoms with van der Waals surface area (Å²) in [6.45, 7) is 5.76. The molecule has 0 atom stereocenters. The van der Waals surface area contributed by atoms with Crippen molar-refractivity contribution in [3.8, 4) is 0 Å². The number of anilines is 1. The summed E-state index contributed by atoms with van der Waals surface area (Å²) in [7, 11) is 1.73. The molecule has 1 aromatic rings. The van der Waals surface area contributed by atoms with E-state index in [9.17, 15) is 4.79 Å². The van der Waals surface area contributed by atoms with Gasteiger partial charge in [-0.3, -0.25) is 4.79 Å². The molecule has 0 radical (unpaired) electrons. The summed E-state index contributed by atoms with van der Waals surface area (Å²) >= 11 is 5.94. The number of hydrogen-bond acceptors (Lipinski definition) is 3. The van der Waals surface area contributed by atoms with Crippen molar-refractivity contribution in [3.05, 3.63) is 22.8 Å². The Bertz CT molecular complexity index is 399. The molecule has 1 rings (SSSR count). The van der Waals surface area contributed by atoms with Gasteiger partial charge in [0.1, 0.15) is 5.82 Å². The highest BCUT2D eigenvalue weighted by Crippen LogP contribution is 2.19. The van der Waals surface area contributed by atoms with Crippen molar-refractivity contribution in [3.63, 3.8) is 0 Å². The molecular weight excluding hydrogens is 226 g/mol. The SMILES string of the molecule is CNc1ncc(C(=O)NC(C)(C)C)cc1Cl. The Hall–Kier alpha value is -1.29. The number of pyridine rings is 1. The van der Waals surface area contributed by atoms with Crippen LogP contribution >= 0.6 is 11.6 Å². The van der Waals surface area contributed by atoms with Crippen LogP contribution in [0.1, 0.15) is 31.1 Å². The van der Waals surface area contributed by atoms with Crippen LogP contribution in [0.5, 0.6) is 0 Å². The van der Waals surface area contributed by atoms with Gasteiger partial charge in [-0.2, -0.15) is 0 Å². The zero-order valence-electron chi connectivity index (χ0n) is 9.89. The lowest BCUT2D eigenvalue weighted by Crippen LogP contribution is -2.40. The van der Waals surface area contributed by atoms with Gasteiger partial charge < -0.3 is 10.6 Å². The molecule has 0 fully saturated rings. The standard InChI is InChI=1S/C11H16ClN3O/c1-11(2,3)15-10(16)7-5-8(12)9(13-4)14-6-7/h5-6H,1-4H3,(H,13,14)(H,15,16). The van der Waals surface area contributed by atoms with E-state index in [1.165, 1.54) is 6.20 Å². The van der Waals surface area contributed by atoms with E-state index in [0.29, 0.717) is 16.4 Å². The van der Waals surface area contributed by atoms with Crippen LogP contribution in [-0.4, -0.2) is 23.5 Å². The minimum atomic E-state index is -0.273. The molecule has 0 unspecified atom stereocenters. The Labute approximate surface area is 100 Å². The van der Waals surface area contributed by atoms with Gasteiger partial charge in [-0.05, 0) is 26.8 Å². The molecule has 1 heterocycles. The highest BCUT2D eigenvalue weighted by atomic mass is 35.5. The minimum Gasteiger partial charge on any atom is -0.372 e. The summed E-state index contributed by atoms with van der Waals surface area (Å²) in [5.41, 5.74) is 0.185. The molecule has 0 saturated carbocycles. The third-order valence-electron chi connectivity index (χ3n) is 1.83. The molecule has 1 amide bonds. The smallest absolute Gasteiger partial charge is 0.253 e. The number of amides is 1. The van der Waals surface area contributed by atoms with Crippen molar-refractivity contribution in [1.82, 2.24) is 10.3 Å². The van der Waals surface area contributed by atoms with Crippen LogP contribution in [0.2, 0.25) is 5.02 Å². The van der Waals surface area contributed by atoms with Gasteiger partial charge in [0.25, 0.3) is 5.91 Å². The van der Waals surface area contributed by atoms with E-state index in [1.54, 1.807) is 13.1 Å². The Morgan fingerprint density at radius 3 is 2.50 bits per heavy atom. The van der Waals surface area contributed by atoms with Gasteiger partial charge in [0.2, 0.25) is 0 Å². The maximum atomic E-state index is 11.8. The molecule has 0 spiro atoms. The number of carbonyl (C=O) groups is 1. The summed E-state index contributed by atoms with van der Waals surface area (Å²) in [4.78, 5) is 15.8. The lowest BCUT2D eigenvalue weighted by molar-refractivity contribution is 0.0919. The molecule has 0 aliphatic rings. The average molecular weight is 242 g/mol. The Morgan fingerprint density at radius 1 is 1.44 bits per heavy atom. The van der Waals surface area contributed by atoms with E-state index in [4.69, 9.17) is 11.6 Å². The Balaban J connectivity index is 2.89. The van der Waals surface area contributed by atoms with Gasteiger partial charge in [0, 0.05) is 18.8 Å². The van der Waals surface area contributed by atoms with Crippen molar-refractivity contribution in [2.45, 2.75) is 26.3 Å². The summed E-state index contributed by atoms with van der Waals surface area (Å²) in [6, 6.07) is 1.60. The van der Waals surface area contributed by atoms with Crippen molar-refractivity contribution in [2.75, 3.05) is 12.4 Å². The molecule has 5 heteroatoms. The monoisotopic (exact) mass is 241 g/mol. The third-order valence-corrected chi connectivity index (χ3v) is 2.12. The molecule has 0 saturated heterocycles. The quantitative estimate of drug-likeness (QED) is 0.836. The minimum absolute atomic E-state index is 0.176. The molecule has 1 aromatic heterocycles. The molecular formula is C11H16ClN3O. The summed E-state index contributed by atoms with van der Waals surface area (Å²) in [5, 5.41) is 6.11. The van der Waals surface area contributed by atoms with Crippen LogP contribution < -0.4 is 10.6 Å². The molecule has 88 valence electrons. The van der Waals surface area contributed by atoms with Gasteiger partial charge in [0.05, 0.1) is 10.6 Å². The fourth-order valence-corrected chi connectivity index (χ4v) is 1.42. The maximum absolute atomic E-state index is 11.8. The lowest BCUT2D eigenvalue weighted by Gasteiger charge is -2.20. The zero-order valence-corrected chi connectivity index (χ0v) is 10.6. The number of aromatic nitrogens is 1. The summed E-state index contributed by atoms with van der Waals surface area (Å²) in [6.07, 6.45) is 1.50. The predicted octanol–water partition coefficient (Wildman–Crippen LogP) is 2.31. The first-order valence-corrected chi connectivity index (χ1v) is 5.37. The fourth-order valence-electron chi connectivity index (χ4n) is 1.16. The normalized spacial score (nSPS) is 11.1. The summed E-state index contributed by atoms with van der Waals surface area (Å²) in [5.74, 6) is 0.388. The van der Waals surface area contributed by atoms with Crippen LogP contribution in [0.3, 0.4) is 0 Å². The number of rotatable bonds is 2. The first-order chi connectivity index (χ1) is 7.33. The summed E-state index contributed by atoms with van der Waals surface area (Å²) < 4.78 is 0.